The highest BCUT2D eigenvalue weighted by Crippen LogP contribution is 2.28. The molecule has 0 aliphatic heterocycles. The Morgan fingerprint density at radius 2 is 1.81 bits per heavy atom. The van der Waals surface area contributed by atoms with Crippen LogP contribution in [-0.2, 0) is 0 Å². The normalized spacial score (nSPS) is 12.3. The molecule has 1 heterocycles. The van der Waals surface area contributed by atoms with Crippen molar-refractivity contribution in [2.24, 2.45) is 0 Å². The van der Waals surface area contributed by atoms with Gasteiger partial charge in [0, 0.05) is 29.7 Å². The van der Waals surface area contributed by atoms with E-state index < -0.39 is 5.82 Å². The summed E-state index contributed by atoms with van der Waals surface area (Å²) in [6.07, 6.45) is 3.29. The Kier molecular flexibility index (Phi) is 3.39. The number of fused-ring (bicyclic) bond motifs is 1. The lowest BCUT2D eigenvalue weighted by atomic mass is 10.1. The zero-order valence-electron chi connectivity index (χ0n) is 11.4. The first-order valence-electron chi connectivity index (χ1n) is 6.59. The van der Waals surface area contributed by atoms with Crippen LogP contribution in [-0.4, -0.2) is 15.1 Å². The number of halogens is 1. The fourth-order valence-corrected chi connectivity index (χ4v) is 2.26. The van der Waals surface area contributed by atoms with E-state index >= 15 is 0 Å². The van der Waals surface area contributed by atoms with E-state index in [4.69, 9.17) is 0 Å². The van der Waals surface area contributed by atoms with Gasteiger partial charge in [0.1, 0.15) is 11.6 Å². The Morgan fingerprint density at radius 3 is 2.57 bits per heavy atom. The van der Waals surface area contributed by atoms with Crippen molar-refractivity contribution in [3.05, 3.63) is 60.2 Å². The topological polar surface area (TPSA) is 58.0 Å². The van der Waals surface area contributed by atoms with E-state index in [0.717, 1.165) is 22.8 Å². The fourth-order valence-electron chi connectivity index (χ4n) is 2.26. The lowest BCUT2D eigenvalue weighted by Gasteiger charge is -2.17. The van der Waals surface area contributed by atoms with Crippen LogP contribution in [0.25, 0.3) is 11.0 Å². The van der Waals surface area contributed by atoms with Gasteiger partial charge >= 0.3 is 0 Å². The summed E-state index contributed by atoms with van der Waals surface area (Å²) in [5.74, 6) is -0.514. The molecule has 106 valence electrons. The Bertz CT molecular complexity index is 791. The second-order valence-electron chi connectivity index (χ2n) is 4.83. The molecular formula is C16H14FN3O. The molecule has 1 atom stereocenters. The molecule has 4 nitrogen and oxygen atoms in total. The molecule has 21 heavy (non-hydrogen) atoms. The summed E-state index contributed by atoms with van der Waals surface area (Å²) < 4.78 is 13.0. The van der Waals surface area contributed by atoms with E-state index in [1.54, 1.807) is 18.5 Å². The van der Waals surface area contributed by atoms with Gasteiger partial charge in [0.15, 0.2) is 0 Å². The number of hydrogen-bond acceptors (Lipinski definition) is 4. The minimum Gasteiger partial charge on any atom is -0.507 e. The largest absolute Gasteiger partial charge is 0.507 e. The van der Waals surface area contributed by atoms with Gasteiger partial charge in [0.25, 0.3) is 0 Å². The van der Waals surface area contributed by atoms with E-state index in [9.17, 15) is 9.50 Å². The second kappa shape index (κ2) is 5.36. The monoisotopic (exact) mass is 283 g/mol. The number of anilines is 1. The fraction of sp³-hybridized carbons (Fsp3) is 0.125. The highest BCUT2D eigenvalue weighted by molar-refractivity contribution is 5.78. The zero-order valence-corrected chi connectivity index (χ0v) is 11.4. The van der Waals surface area contributed by atoms with Gasteiger partial charge in [-0.15, -0.1) is 0 Å². The molecule has 0 spiro atoms. The van der Waals surface area contributed by atoms with Crippen LogP contribution in [0.4, 0.5) is 10.1 Å². The van der Waals surface area contributed by atoms with Crippen molar-refractivity contribution in [1.82, 2.24) is 9.97 Å². The number of aromatic hydroxyl groups is 1. The predicted octanol–water partition coefficient (Wildman–Crippen LogP) is 3.65. The van der Waals surface area contributed by atoms with Gasteiger partial charge in [0.05, 0.1) is 17.1 Å². The number of phenolic OH excluding ortho intramolecular Hbond substituents is 1. The van der Waals surface area contributed by atoms with Gasteiger partial charge < -0.3 is 10.4 Å². The van der Waals surface area contributed by atoms with Gasteiger partial charge in [-0.1, -0.05) is 6.07 Å². The summed E-state index contributed by atoms with van der Waals surface area (Å²) in [5.41, 5.74) is 3.10. The van der Waals surface area contributed by atoms with E-state index in [1.807, 2.05) is 25.1 Å². The maximum Gasteiger partial charge on any atom is 0.126 e. The summed E-state index contributed by atoms with van der Waals surface area (Å²) >= 11 is 0. The molecule has 2 aromatic carbocycles. The molecular weight excluding hydrogens is 269 g/mol. The van der Waals surface area contributed by atoms with E-state index in [1.165, 1.54) is 6.07 Å². The third kappa shape index (κ3) is 2.76. The first kappa shape index (κ1) is 13.3. The van der Waals surface area contributed by atoms with Crippen LogP contribution in [0.5, 0.6) is 5.75 Å². The summed E-state index contributed by atoms with van der Waals surface area (Å²) in [5, 5.41) is 13.1. The zero-order chi connectivity index (χ0) is 14.8. The SMILES string of the molecule is CC(Nc1ccc2nccnc2c1)c1ccc(F)cc1O. The summed E-state index contributed by atoms with van der Waals surface area (Å²) in [4.78, 5) is 8.46. The lowest BCUT2D eigenvalue weighted by molar-refractivity contribution is 0.459. The molecule has 0 aliphatic carbocycles. The number of benzene rings is 2. The van der Waals surface area contributed by atoms with Gasteiger partial charge in [0.2, 0.25) is 0 Å². The van der Waals surface area contributed by atoms with E-state index in [2.05, 4.69) is 15.3 Å². The van der Waals surface area contributed by atoms with Crippen molar-refractivity contribution in [2.75, 3.05) is 5.32 Å². The molecule has 1 aromatic heterocycles. The molecule has 2 N–H and O–H groups in total. The van der Waals surface area contributed by atoms with Crippen molar-refractivity contribution in [3.63, 3.8) is 0 Å². The van der Waals surface area contributed by atoms with Crippen molar-refractivity contribution < 1.29 is 9.50 Å². The van der Waals surface area contributed by atoms with Crippen molar-refractivity contribution >= 4 is 16.7 Å². The molecule has 0 aliphatic rings. The molecule has 5 heteroatoms. The number of aromatic nitrogens is 2. The molecule has 0 saturated heterocycles. The maximum absolute atomic E-state index is 13.0. The van der Waals surface area contributed by atoms with Crippen LogP contribution in [0.2, 0.25) is 0 Å². The van der Waals surface area contributed by atoms with Crippen LogP contribution in [0.1, 0.15) is 18.5 Å². The first-order chi connectivity index (χ1) is 10.1. The average Bonchev–Trinajstić information content (AvgIpc) is 2.47. The highest BCUT2D eigenvalue weighted by atomic mass is 19.1. The Labute approximate surface area is 121 Å². The minimum atomic E-state index is -0.454. The van der Waals surface area contributed by atoms with Crippen molar-refractivity contribution in [1.29, 1.82) is 0 Å². The number of phenols is 1. The molecule has 0 bridgehead atoms. The van der Waals surface area contributed by atoms with Crippen molar-refractivity contribution in [3.8, 4) is 5.75 Å². The molecule has 0 saturated carbocycles. The van der Waals surface area contributed by atoms with Gasteiger partial charge in [-0.3, -0.25) is 9.97 Å². The quantitative estimate of drug-likeness (QED) is 0.770. The summed E-state index contributed by atoms with van der Waals surface area (Å²) in [6.45, 7) is 1.90. The maximum atomic E-state index is 13.0. The van der Waals surface area contributed by atoms with Crippen LogP contribution in [0.15, 0.2) is 48.8 Å². The van der Waals surface area contributed by atoms with E-state index in [0.29, 0.717) is 5.56 Å². The molecule has 3 rings (SSSR count). The van der Waals surface area contributed by atoms with Crippen LogP contribution in [0.3, 0.4) is 0 Å². The number of nitrogens with zero attached hydrogens (tertiary/aromatic N) is 2. The molecule has 0 fully saturated rings. The van der Waals surface area contributed by atoms with Crippen LogP contribution >= 0.6 is 0 Å². The Balaban J connectivity index is 1.87. The standard InChI is InChI=1S/C16H14FN3O/c1-10(13-4-2-11(17)8-16(13)21)20-12-3-5-14-15(9-12)19-7-6-18-14/h2-10,20-21H,1H3. The number of rotatable bonds is 3. The predicted molar refractivity (Wildman–Crippen MR) is 79.6 cm³/mol. The lowest BCUT2D eigenvalue weighted by Crippen LogP contribution is -2.07. The third-order valence-corrected chi connectivity index (χ3v) is 3.31. The molecule has 3 aromatic rings. The average molecular weight is 283 g/mol. The van der Waals surface area contributed by atoms with Gasteiger partial charge in [-0.25, -0.2) is 4.39 Å². The van der Waals surface area contributed by atoms with Gasteiger partial charge in [-0.05, 0) is 31.2 Å². The Morgan fingerprint density at radius 1 is 1.05 bits per heavy atom. The molecule has 0 radical (unpaired) electrons. The van der Waals surface area contributed by atoms with Gasteiger partial charge in [-0.2, -0.15) is 0 Å². The third-order valence-electron chi connectivity index (χ3n) is 3.31. The second-order valence-corrected chi connectivity index (χ2v) is 4.83. The molecule has 0 amide bonds. The van der Waals surface area contributed by atoms with E-state index in [-0.39, 0.29) is 11.8 Å². The minimum absolute atomic E-state index is 0.0596. The van der Waals surface area contributed by atoms with Crippen LogP contribution < -0.4 is 5.32 Å². The van der Waals surface area contributed by atoms with Crippen molar-refractivity contribution in [2.45, 2.75) is 13.0 Å². The highest BCUT2D eigenvalue weighted by Gasteiger charge is 2.11. The molecule has 1 unspecified atom stereocenters. The number of nitrogens with one attached hydrogen (secondary N) is 1. The van der Waals surface area contributed by atoms with Crippen LogP contribution in [0, 0.1) is 5.82 Å². The smallest absolute Gasteiger partial charge is 0.126 e. The summed E-state index contributed by atoms with van der Waals surface area (Å²) in [7, 11) is 0. The number of hydrogen-bond donors (Lipinski definition) is 2. The first-order valence-corrected chi connectivity index (χ1v) is 6.59. The summed E-state index contributed by atoms with van der Waals surface area (Å²) in [6, 6.07) is 9.51. The Hall–Kier alpha value is -2.69.